The molecule has 0 fully saturated rings. The van der Waals surface area contributed by atoms with Crippen molar-refractivity contribution in [1.29, 1.82) is 0 Å². The molecule has 0 aliphatic carbocycles. The van der Waals surface area contributed by atoms with E-state index in [0.717, 1.165) is 42.3 Å². The second-order valence-corrected chi connectivity index (χ2v) is 9.76. The first-order valence-electron chi connectivity index (χ1n) is 10.3. The fourth-order valence-electron chi connectivity index (χ4n) is 3.55. The third-order valence-corrected chi connectivity index (χ3v) is 7.83. The molecule has 0 aliphatic rings. The quantitative estimate of drug-likeness (QED) is 0.347. The fraction of sp³-hybridized carbons (Fsp3) is 0.231. The van der Waals surface area contributed by atoms with Crippen molar-refractivity contribution < 1.29 is 9.59 Å². The molecule has 3 aromatic carbocycles. The van der Waals surface area contributed by atoms with Crippen molar-refractivity contribution in [3.8, 4) is 0 Å². The summed E-state index contributed by atoms with van der Waals surface area (Å²) in [5.41, 5.74) is 8.76. The van der Waals surface area contributed by atoms with E-state index in [1.807, 2.05) is 53.7 Å². The Kier molecular flexibility index (Phi) is 7.25. The Morgan fingerprint density at radius 1 is 0.594 bits per heavy atom. The summed E-state index contributed by atoms with van der Waals surface area (Å²) in [6.07, 6.45) is 0. The van der Waals surface area contributed by atoms with E-state index in [4.69, 9.17) is 0 Å². The predicted octanol–water partition coefficient (Wildman–Crippen LogP) is 7.57. The largest absolute Gasteiger partial charge is 0.322 e. The maximum Gasteiger partial charge on any atom is 0.255 e. The van der Waals surface area contributed by atoms with Crippen LogP contribution in [0.5, 0.6) is 0 Å². The molecule has 4 nitrogen and oxygen atoms in total. The van der Waals surface area contributed by atoms with Gasteiger partial charge in [0.1, 0.15) is 0 Å². The zero-order chi connectivity index (χ0) is 23.7. The summed E-state index contributed by atoms with van der Waals surface area (Å²) in [5, 5.41) is 5.89. The van der Waals surface area contributed by atoms with Gasteiger partial charge in [-0.3, -0.25) is 9.59 Å². The number of carbonyl (C=O) groups excluding carboxylic acids is 2. The van der Waals surface area contributed by atoms with Gasteiger partial charge in [0.2, 0.25) is 0 Å². The van der Waals surface area contributed by atoms with Gasteiger partial charge in [0.15, 0.2) is 0 Å². The molecule has 0 bridgehead atoms. The van der Waals surface area contributed by atoms with Gasteiger partial charge in [0.25, 0.3) is 11.8 Å². The van der Waals surface area contributed by atoms with Gasteiger partial charge in [0.05, 0.1) is 0 Å². The molecule has 3 aromatic rings. The summed E-state index contributed by atoms with van der Waals surface area (Å²) in [6, 6.07) is 10.9. The highest BCUT2D eigenvalue weighted by Gasteiger charge is 2.17. The Bertz CT molecular complexity index is 1160. The number of halogens is 2. The Hall–Kier alpha value is -2.44. The molecule has 0 heterocycles. The molecule has 0 unspecified atom stereocenters. The van der Waals surface area contributed by atoms with Crippen molar-refractivity contribution in [2.45, 2.75) is 41.5 Å². The summed E-state index contributed by atoms with van der Waals surface area (Å²) in [7, 11) is 0. The summed E-state index contributed by atoms with van der Waals surface area (Å²) >= 11 is 7.07. The molecule has 0 saturated heterocycles. The topological polar surface area (TPSA) is 58.2 Å². The molecule has 3 rings (SSSR count). The van der Waals surface area contributed by atoms with Gasteiger partial charge >= 0.3 is 0 Å². The molecule has 0 spiro atoms. The normalized spacial score (nSPS) is 10.8. The lowest BCUT2D eigenvalue weighted by atomic mass is 9.98. The number of hydrogen-bond donors (Lipinski definition) is 2. The lowest BCUT2D eigenvalue weighted by molar-refractivity contribution is 0.101. The van der Waals surface area contributed by atoms with Crippen molar-refractivity contribution >= 4 is 55.0 Å². The van der Waals surface area contributed by atoms with Gasteiger partial charge in [-0.2, -0.15) is 0 Å². The van der Waals surface area contributed by atoms with Crippen LogP contribution in [0.3, 0.4) is 0 Å². The molecule has 2 N–H and O–H groups in total. The van der Waals surface area contributed by atoms with E-state index in [2.05, 4.69) is 42.5 Å². The molecule has 2 amide bonds. The van der Waals surface area contributed by atoms with Crippen molar-refractivity contribution in [2.75, 3.05) is 10.6 Å². The number of nitrogens with one attached hydrogen (secondary N) is 2. The second-order valence-electron chi connectivity index (χ2n) is 8.05. The van der Waals surface area contributed by atoms with Crippen LogP contribution < -0.4 is 10.6 Å². The van der Waals surface area contributed by atoms with Gasteiger partial charge in [0, 0.05) is 31.4 Å². The molecule has 0 atom stereocenters. The molecule has 0 aromatic heterocycles. The zero-order valence-electron chi connectivity index (χ0n) is 19.0. The van der Waals surface area contributed by atoms with Crippen molar-refractivity contribution in [2.24, 2.45) is 0 Å². The van der Waals surface area contributed by atoms with E-state index in [9.17, 15) is 9.59 Å². The number of carbonyl (C=O) groups is 2. The third-order valence-electron chi connectivity index (χ3n) is 6.18. The summed E-state index contributed by atoms with van der Waals surface area (Å²) in [4.78, 5) is 25.9. The summed E-state index contributed by atoms with van der Waals surface area (Å²) in [5.74, 6) is -0.382. The predicted molar refractivity (Wildman–Crippen MR) is 139 cm³/mol. The minimum atomic E-state index is -0.191. The van der Waals surface area contributed by atoms with Crippen molar-refractivity contribution in [1.82, 2.24) is 0 Å². The van der Waals surface area contributed by atoms with Crippen LogP contribution in [0.25, 0.3) is 0 Å². The first-order valence-corrected chi connectivity index (χ1v) is 11.8. The number of hydrogen-bond acceptors (Lipinski definition) is 2. The van der Waals surface area contributed by atoms with Crippen LogP contribution >= 0.6 is 31.9 Å². The first-order chi connectivity index (χ1) is 15.0. The van der Waals surface area contributed by atoms with E-state index in [0.29, 0.717) is 22.5 Å². The molecule has 0 saturated carbocycles. The Labute approximate surface area is 206 Å². The van der Waals surface area contributed by atoms with Crippen LogP contribution in [0.4, 0.5) is 11.4 Å². The molecular formula is C26H26Br2N2O2. The minimum Gasteiger partial charge on any atom is -0.322 e. The minimum absolute atomic E-state index is 0.191. The smallest absolute Gasteiger partial charge is 0.255 e. The molecule has 6 heteroatoms. The average Bonchev–Trinajstić information content (AvgIpc) is 2.75. The van der Waals surface area contributed by atoms with Gasteiger partial charge in [-0.1, -0.05) is 37.9 Å². The van der Waals surface area contributed by atoms with Crippen molar-refractivity contribution in [3.05, 3.63) is 89.9 Å². The number of anilines is 2. The molecule has 0 aliphatic heterocycles. The van der Waals surface area contributed by atoms with Gasteiger partial charge < -0.3 is 10.6 Å². The maximum atomic E-state index is 12.9. The molecule has 32 heavy (non-hydrogen) atoms. The third kappa shape index (κ3) is 4.81. The highest BCUT2D eigenvalue weighted by Crippen LogP contribution is 2.28. The van der Waals surface area contributed by atoms with Crippen LogP contribution in [-0.2, 0) is 0 Å². The maximum absolute atomic E-state index is 12.9. The van der Waals surface area contributed by atoms with Gasteiger partial charge in [-0.25, -0.2) is 0 Å². The standard InChI is InChI=1S/C26H26Br2N2O2/c1-13-15(3)21(11-23(27)17(13)5)25(31)29-19-8-7-9-20(10-19)30-26(32)22-12-24(28)18(6)14(2)16(22)4/h7-12H,1-6H3,(H,29,31)(H,30,32). The molecule has 166 valence electrons. The van der Waals surface area contributed by atoms with E-state index < -0.39 is 0 Å². The van der Waals surface area contributed by atoms with Gasteiger partial charge in [-0.15, -0.1) is 0 Å². The van der Waals surface area contributed by atoms with Gasteiger partial charge in [-0.05, 0) is 105 Å². The number of amides is 2. The first kappa shape index (κ1) is 24.2. The summed E-state index contributed by atoms with van der Waals surface area (Å²) < 4.78 is 1.81. The van der Waals surface area contributed by atoms with Crippen LogP contribution in [-0.4, -0.2) is 11.8 Å². The number of rotatable bonds is 4. The SMILES string of the molecule is Cc1c(Br)cc(C(=O)Nc2cccc(NC(=O)c3cc(Br)c(C)c(C)c3C)c2)c(C)c1C. The van der Waals surface area contributed by atoms with Crippen LogP contribution in [0.15, 0.2) is 45.3 Å². The van der Waals surface area contributed by atoms with E-state index >= 15 is 0 Å². The lowest BCUT2D eigenvalue weighted by Crippen LogP contribution is -2.16. The van der Waals surface area contributed by atoms with Crippen molar-refractivity contribution in [3.63, 3.8) is 0 Å². The lowest BCUT2D eigenvalue weighted by Gasteiger charge is -2.15. The molecule has 0 radical (unpaired) electrons. The zero-order valence-corrected chi connectivity index (χ0v) is 22.2. The Balaban J connectivity index is 1.83. The Morgan fingerprint density at radius 2 is 0.969 bits per heavy atom. The van der Waals surface area contributed by atoms with E-state index in [-0.39, 0.29) is 11.8 Å². The highest BCUT2D eigenvalue weighted by molar-refractivity contribution is 9.10. The second kappa shape index (κ2) is 9.59. The molecular weight excluding hydrogens is 532 g/mol. The highest BCUT2D eigenvalue weighted by atomic mass is 79.9. The summed E-state index contributed by atoms with van der Waals surface area (Å²) in [6.45, 7) is 12.0. The fourth-order valence-corrected chi connectivity index (χ4v) is 4.61. The van der Waals surface area contributed by atoms with E-state index in [1.165, 1.54) is 0 Å². The van der Waals surface area contributed by atoms with Crippen LogP contribution in [0.1, 0.15) is 54.1 Å². The average molecular weight is 558 g/mol. The van der Waals surface area contributed by atoms with E-state index in [1.54, 1.807) is 24.3 Å². The number of benzene rings is 3. The Morgan fingerprint density at radius 3 is 1.34 bits per heavy atom. The monoisotopic (exact) mass is 556 g/mol. The van der Waals surface area contributed by atoms with Crippen LogP contribution in [0.2, 0.25) is 0 Å². The van der Waals surface area contributed by atoms with Crippen LogP contribution in [0, 0.1) is 41.5 Å².